The van der Waals surface area contributed by atoms with E-state index in [2.05, 4.69) is 5.32 Å². The summed E-state index contributed by atoms with van der Waals surface area (Å²) in [6.07, 6.45) is -11.0. The highest BCUT2D eigenvalue weighted by atomic mass is 19.4. The van der Waals surface area contributed by atoms with Crippen LogP contribution >= 0.6 is 0 Å². The first-order chi connectivity index (χ1) is 24.0. The van der Waals surface area contributed by atoms with Crippen LogP contribution in [0.1, 0.15) is 79.1 Å². The van der Waals surface area contributed by atoms with Gasteiger partial charge in [0.1, 0.15) is 23.5 Å². The van der Waals surface area contributed by atoms with Crippen molar-refractivity contribution in [2.75, 3.05) is 27.2 Å². The number of aryl methyl sites for hydroxylation is 1. The van der Waals surface area contributed by atoms with Crippen LogP contribution in [0, 0.1) is 37.2 Å². The Hall–Kier alpha value is -4.34. The van der Waals surface area contributed by atoms with Crippen LogP contribution in [0.15, 0.2) is 35.3 Å². The van der Waals surface area contributed by atoms with Gasteiger partial charge in [0.25, 0.3) is 5.56 Å². The molecule has 0 saturated heterocycles. The molecule has 52 heavy (non-hydrogen) atoms. The van der Waals surface area contributed by atoms with E-state index in [1.807, 2.05) is 0 Å². The fourth-order valence-corrected chi connectivity index (χ4v) is 5.90. The van der Waals surface area contributed by atoms with Gasteiger partial charge in [0.15, 0.2) is 0 Å². The van der Waals surface area contributed by atoms with Crippen LogP contribution in [0.3, 0.4) is 0 Å². The van der Waals surface area contributed by atoms with Crippen molar-refractivity contribution in [3.8, 4) is 11.1 Å². The van der Waals surface area contributed by atoms with Crippen LogP contribution < -0.4 is 10.9 Å². The number of alkyl halides is 6. The Morgan fingerprint density at radius 3 is 2.10 bits per heavy atom. The maximum absolute atomic E-state index is 16.6. The van der Waals surface area contributed by atoms with Crippen LogP contribution in [0.4, 0.5) is 39.5 Å². The number of ether oxygens (including phenoxy) is 1. The van der Waals surface area contributed by atoms with Gasteiger partial charge in [-0.25, -0.2) is 13.2 Å². The largest absolute Gasteiger partial charge is 0.466 e. The van der Waals surface area contributed by atoms with Crippen molar-refractivity contribution in [1.82, 2.24) is 14.8 Å². The number of pyridine rings is 1. The molecule has 0 spiro atoms. The minimum atomic E-state index is -5.44. The fraction of sp³-hybridized carbons (Fsp3) is 0.472. The third kappa shape index (κ3) is 9.75. The fourth-order valence-electron chi connectivity index (χ4n) is 5.90. The van der Waals surface area contributed by atoms with Crippen LogP contribution in [0.5, 0.6) is 0 Å². The smallest absolute Gasteiger partial charge is 0.419 e. The molecular weight excluding hydrogens is 709 g/mol. The van der Waals surface area contributed by atoms with Gasteiger partial charge < -0.3 is 19.5 Å². The number of halogens is 9. The van der Waals surface area contributed by atoms with E-state index in [1.54, 1.807) is 32.8 Å². The van der Waals surface area contributed by atoms with Crippen LogP contribution in [-0.2, 0) is 33.1 Å². The lowest BCUT2D eigenvalue weighted by atomic mass is 9.89. The maximum Gasteiger partial charge on any atom is 0.419 e. The Morgan fingerprint density at radius 2 is 1.56 bits per heavy atom. The van der Waals surface area contributed by atoms with E-state index in [0.29, 0.717) is 6.07 Å². The van der Waals surface area contributed by atoms with E-state index in [9.17, 15) is 45.1 Å². The summed E-state index contributed by atoms with van der Waals surface area (Å²) in [5.41, 5.74) is -7.54. The van der Waals surface area contributed by atoms with Crippen molar-refractivity contribution in [3.63, 3.8) is 0 Å². The lowest BCUT2D eigenvalue weighted by Crippen LogP contribution is -2.41. The van der Waals surface area contributed by atoms with E-state index in [0.717, 1.165) is 16.8 Å². The van der Waals surface area contributed by atoms with Gasteiger partial charge in [-0.2, -0.15) is 26.3 Å². The molecule has 0 aliphatic heterocycles. The molecule has 16 heteroatoms. The molecule has 0 radical (unpaired) electrons. The normalized spacial score (nSPS) is 13.4. The average molecular weight is 750 g/mol. The van der Waals surface area contributed by atoms with Crippen molar-refractivity contribution in [1.29, 1.82) is 0 Å². The lowest BCUT2D eigenvalue weighted by Gasteiger charge is -2.28. The number of rotatable bonds is 13. The first-order valence-corrected chi connectivity index (χ1v) is 16.3. The molecule has 1 aromatic heterocycles. The molecule has 1 N–H and O–H groups in total. The van der Waals surface area contributed by atoms with E-state index in [-0.39, 0.29) is 54.3 Å². The van der Waals surface area contributed by atoms with Gasteiger partial charge in [0.2, 0.25) is 5.91 Å². The molecule has 1 unspecified atom stereocenters. The molecule has 0 fully saturated rings. The number of nitrogens with zero attached hydrogens (tertiary/aromatic N) is 2. The Labute approximate surface area is 294 Å². The van der Waals surface area contributed by atoms with Crippen molar-refractivity contribution in [2.24, 2.45) is 5.92 Å². The third-order valence-electron chi connectivity index (χ3n) is 8.39. The second kappa shape index (κ2) is 16.6. The quantitative estimate of drug-likeness (QED) is 0.141. The molecule has 0 bridgehead atoms. The standard InChI is InChI=1S/C36H40F9N3O4/c1-8-52-29(50)16-26(31-32(38)22(14-24(33(31)39)36(43,44)45)30-19(4)9-10-25(37)20(30)5)46-34(51)27(13-18(2)3)48-17-21(11-12-47(6)7)23(15-28(48)49)35(40,41)42/h9-10,14-15,17-18,26-27H,8,11-13,16H2,1-7H3,(H,46,51)/t26-,27?/m0/s1. The molecule has 0 saturated carbocycles. The highest BCUT2D eigenvalue weighted by Gasteiger charge is 2.41. The highest BCUT2D eigenvalue weighted by molar-refractivity contribution is 5.82. The maximum atomic E-state index is 16.6. The summed E-state index contributed by atoms with van der Waals surface area (Å²) >= 11 is 0. The first-order valence-electron chi connectivity index (χ1n) is 16.3. The van der Waals surface area contributed by atoms with Crippen molar-refractivity contribution in [3.05, 3.63) is 91.6 Å². The molecular formula is C36H40F9N3O4. The molecule has 2 atom stereocenters. The van der Waals surface area contributed by atoms with Gasteiger partial charge in [-0.05, 0) is 88.0 Å². The van der Waals surface area contributed by atoms with Gasteiger partial charge in [0.05, 0.1) is 30.2 Å². The second-order valence-corrected chi connectivity index (χ2v) is 13.1. The zero-order chi connectivity index (χ0) is 39.5. The zero-order valence-electron chi connectivity index (χ0n) is 29.6. The molecule has 0 aliphatic rings. The van der Waals surface area contributed by atoms with Crippen molar-refractivity contribution in [2.45, 2.75) is 78.3 Å². The minimum absolute atomic E-state index is 0.116. The predicted molar refractivity (Wildman–Crippen MR) is 175 cm³/mol. The molecule has 1 amide bonds. The van der Waals surface area contributed by atoms with E-state index >= 15 is 8.78 Å². The second-order valence-electron chi connectivity index (χ2n) is 13.1. The average Bonchev–Trinajstić information content (AvgIpc) is 3.01. The number of esters is 1. The van der Waals surface area contributed by atoms with Gasteiger partial charge in [-0.15, -0.1) is 0 Å². The number of likely N-dealkylation sites (N-methyl/N-ethyl adjacent to an activating group) is 1. The third-order valence-corrected chi connectivity index (χ3v) is 8.39. The monoisotopic (exact) mass is 749 g/mol. The summed E-state index contributed by atoms with van der Waals surface area (Å²) in [5, 5.41) is 2.20. The minimum Gasteiger partial charge on any atom is -0.466 e. The first kappa shape index (κ1) is 42.1. The summed E-state index contributed by atoms with van der Waals surface area (Å²) in [6, 6.07) is -1.17. The molecule has 286 valence electrons. The number of hydrogen-bond donors (Lipinski definition) is 1. The Balaban J connectivity index is 2.33. The number of carbonyl (C=O) groups excluding carboxylic acids is 2. The number of benzene rings is 2. The molecule has 7 nitrogen and oxygen atoms in total. The summed E-state index contributed by atoms with van der Waals surface area (Å²) in [7, 11) is 3.21. The number of aromatic nitrogens is 1. The van der Waals surface area contributed by atoms with Gasteiger partial charge in [-0.1, -0.05) is 19.9 Å². The van der Waals surface area contributed by atoms with Crippen molar-refractivity contribution < 1.29 is 53.8 Å². The van der Waals surface area contributed by atoms with Crippen molar-refractivity contribution >= 4 is 11.9 Å². The number of nitrogens with one attached hydrogen (secondary N) is 1. The molecule has 0 aliphatic carbocycles. The Bertz CT molecular complexity index is 1850. The molecule has 1 heterocycles. The summed E-state index contributed by atoms with van der Waals surface area (Å²) in [4.78, 5) is 41.6. The molecule has 2 aromatic carbocycles. The van der Waals surface area contributed by atoms with E-state index in [4.69, 9.17) is 4.74 Å². The summed E-state index contributed by atoms with van der Waals surface area (Å²) < 4.78 is 138. The Morgan fingerprint density at radius 1 is 0.942 bits per heavy atom. The van der Waals surface area contributed by atoms with Gasteiger partial charge in [-0.3, -0.25) is 14.4 Å². The van der Waals surface area contributed by atoms with Crippen LogP contribution in [0.25, 0.3) is 11.1 Å². The predicted octanol–water partition coefficient (Wildman–Crippen LogP) is 8.09. The molecule has 3 rings (SSSR count). The van der Waals surface area contributed by atoms with Crippen LogP contribution in [-0.4, -0.2) is 48.6 Å². The van der Waals surface area contributed by atoms with Crippen LogP contribution in [0.2, 0.25) is 0 Å². The summed E-state index contributed by atoms with van der Waals surface area (Å²) in [6.45, 7) is 7.00. The topological polar surface area (TPSA) is 80.6 Å². The number of hydrogen-bond acceptors (Lipinski definition) is 5. The molecule has 3 aromatic rings. The zero-order valence-corrected chi connectivity index (χ0v) is 29.6. The van der Waals surface area contributed by atoms with E-state index < -0.39 is 93.9 Å². The SMILES string of the molecule is CCOC(=O)C[C@H](NC(=O)C(CC(C)C)n1cc(CCN(C)C)c(C(F)(F)F)cc1=O)c1c(F)c(-c2c(C)ccc(F)c2C)cc(C(F)(F)F)c1F. The summed E-state index contributed by atoms with van der Waals surface area (Å²) in [5.74, 6) is -7.56. The van der Waals surface area contributed by atoms with E-state index in [1.165, 1.54) is 26.8 Å². The highest BCUT2D eigenvalue weighted by Crippen LogP contribution is 2.42. The Kier molecular flexibility index (Phi) is 13.4. The van der Waals surface area contributed by atoms with Gasteiger partial charge >= 0.3 is 18.3 Å². The number of amides is 1. The number of carbonyl (C=O) groups is 2. The van der Waals surface area contributed by atoms with Gasteiger partial charge in [0, 0.05) is 29.9 Å². The lowest BCUT2D eigenvalue weighted by molar-refractivity contribution is -0.144.